The second-order valence-electron chi connectivity index (χ2n) is 3.44. The van der Waals surface area contributed by atoms with Gasteiger partial charge in [-0.1, -0.05) is 12.1 Å². The molecule has 1 heterocycles. The molecule has 1 aromatic rings. The van der Waals surface area contributed by atoms with E-state index in [4.69, 9.17) is 21.1 Å². The molecule has 0 amide bonds. The Balaban J connectivity index is 2.09. The molecule has 2 rings (SSSR count). The maximum atomic E-state index is 5.59. The first-order valence-corrected chi connectivity index (χ1v) is 4.94. The van der Waals surface area contributed by atoms with E-state index in [9.17, 15) is 0 Å². The monoisotopic (exact) mass is 206 g/mol. The molecule has 2 unspecified atom stereocenters. The maximum Gasteiger partial charge on any atom is 0.184 e. The summed E-state index contributed by atoms with van der Waals surface area (Å²) in [4.78, 5) is 0. The van der Waals surface area contributed by atoms with Crippen molar-refractivity contribution < 1.29 is 14.2 Å². The van der Waals surface area contributed by atoms with E-state index in [0.29, 0.717) is 13.0 Å². The first-order chi connectivity index (χ1) is 7.33. The zero-order chi connectivity index (χ0) is 10.7. The predicted octanol–water partition coefficient (Wildman–Crippen LogP) is 2.21. The van der Waals surface area contributed by atoms with Crippen LogP contribution in [0.3, 0.4) is 0 Å². The number of benzene rings is 1. The third-order valence-corrected chi connectivity index (χ3v) is 2.38. The van der Waals surface area contributed by atoms with Crippen LogP contribution in [0.25, 0.3) is 0 Å². The molecule has 0 aliphatic carbocycles. The molecule has 15 heavy (non-hydrogen) atoms. The van der Waals surface area contributed by atoms with Gasteiger partial charge in [-0.05, 0) is 25.5 Å². The average molecular weight is 206 g/mol. The van der Waals surface area contributed by atoms with Crippen LogP contribution in [0.2, 0.25) is 0 Å². The zero-order valence-electron chi connectivity index (χ0n) is 8.68. The first kappa shape index (κ1) is 10.5. The summed E-state index contributed by atoms with van der Waals surface area (Å²) in [5.41, 5.74) is 0.963. The van der Waals surface area contributed by atoms with Crippen LogP contribution >= 0.6 is 0 Å². The van der Waals surface area contributed by atoms with Crippen molar-refractivity contribution in [2.75, 3.05) is 13.7 Å². The maximum absolute atomic E-state index is 5.59. The third-order valence-electron chi connectivity index (χ3n) is 2.38. The zero-order valence-corrected chi connectivity index (χ0v) is 8.68. The van der Waals surface area contributed by atoms with Gasteiger partial charge in [-0.2, -0.15) is 0 Å². The number of hydrogen-bond donors (Lipinski definition) is 0. The van der Waals surface area contributed by atoms with Crippen molar-refractivity contribution in [3.8, 4) is 5.75 Å². The van der Waals surface area contributed by atoms with Crippen LogP contribution < -0.4 is 4.74 Å². The normalized spacial score (nSPS) is 25.5. The number of methoxy groups -OCH3 is 1. The topological polar surface area (TPSA) is 27.7 Å². The van der Waals surface area contributed by atoms with Crippen molar-refractivity contribution in [2.24, 2.45) is 0 Å². The van der Waals surface area contributed by atoms with Crippen molar-refractivity contribution in [1.82, 2.24) is 0 Å². The molecule has 0 spiro atoms. The Morgan fingerprint density at radius 2 is 2.40 bits per heavy atom. The molecule has 2 atom stereocenters. The molecule has 80 valence electrons. The van der Waals surface area contributed by atoms with Crippen LogP contribution in [0.1, 0.15) is 18.3 Å². The number of hydrogen-bond acceptors (Lipinski definition) is 3. The van der Waals surface area contributed by atoms with Gasteiger partial charge in [-0.3, -0.25) is 0 Å². The molecule has 1 fully saturated rings. The summed E-state index contributed by atoms with van der Waals surface area (Å²) < 4.78 is 16.2. The van der Waals surface area contributed by atoms with Gasteiger partial charge >= 0.3 is 0 Å². The molecular weight excluding hydrogens is 192 g/mol. The van der Waals surface area contributed by atoms with E-state index in [0.717, 1.165) is 11.3 Å². The fourth-order valence-electron chi connectivity index (χ4n) is 1.53. The Morgan fingerprint density at radius 3 is 3.07 bits per heavy atom. The summed E-state index contributed by atoms with van der Waals surface area (Å²) in [6, 6.07) is 7.66. The highest BCUT2D eigenvalue weighted by Crippen LogP contribution is 2.29. The third kappa shape index (κ3) is 2.30. The van der Waals surface area contributed by atoms with Crippen molar-refractivity contribution in [3.63, 3.8) is 0 Å². The summed E-state index contributed by atoms with van der Waals surface area (Å²) >= 11 is 0. The Morgan fingerprint density at radius 1 is 1.53 bits per heavy atom. The Bertz CT molecular complexity index is 324. The van der Waals surface area contributed by atoms with E-state index in [1.807, 2.05) is 24.3 Å². The number of rotatable bonds is 3. The molecular formula is C12H14O3. The number of ether oxygens (including phenoxy) is 3. The highest BCUT2D eigenvalue weighted by Gasteiger charge is 2.26. The predicted molar refractivity (Wildman–Crippen MR) is 55.5 cm³/mol. The molecule has 0 saturated carbocycles. The lowest BCUT2D eigenvalue weighted by Crippen LogP contribution is -2.07. The minimum Gasteiger partial charge on any atom is -0.497 e. The largest absolute Gasteiger partial charge is 0.497 e. The molecule has 2 radical (unpaired) electrons. The lowest BCUT2D eigenvalue weighted by atomic mass is 10.2. The van der Waals surface area contributed by atoms with Crippen LogP contribution in [-0.2, 0) is 9.47 Å². The fraction of sp³-hybridized carbons (Fsp3) is 0.417. The van der Waals surface area contributed by atoms with Crippen molar-refractivity contribution in [2.45, 2.75) is 18.8 Å². The second-order valence-corrected chi connectivity index (χ2v) is 3.44. The fourth-order valence-corrected chi connectivity index (χ4v) is 1.53. The van der Waals surface area contributed by atoms with Gasteiger partial charge in [-0.25, -0.2) is 0 Å². The van der Waals surface area contributed by atoms with Gasteiger partial charge in [0.15, 0.2) is 6.29 Å². The molecule has 0 aromatic heterocycles. The quantitative estimate of drug-likeness (QED) is 0.758. The second kappa shape index (κ2) is 4.64. The SMILES string of the molecule is [CH]CC1COC(c2cccc(OC)c2)O1. The summed E-state index contributed by atoms with van der Waals surface area (Å²) in [5, 5.41) is 0. The van der Waals surface area contributed by atoms with Gasteiger partial charge in [0.25, 0.3) is 0 Å². The van der Waals surface area contributed by atoms with E-state index >= 15 is 0 Å². The van der Waals surface area contributed by atoms with E-state index < -0.39 is 0 Å². The minimum atomic E-state index is -0.311. The van der Waals surface area contributed by atoms with Crippen LogP contribution in [-0.4, -0.2) is 19.8 Å². The lowest BCUT2D eigenvalue weighted by Gasteiger charge is -2.11. The summed E-state index contributed by atoms with van der Waals surface area (Å²) in [6.07, 6.45) is 0.176. The molecule has 1 aliphatic rings. The molecule has 0 N–H and O–H groups in total. The minimum absolute atomic E-state index is 0.00111. The summed E-state index contributed by atoms with van der Waals surface area (Å²) in [5.74, 6) is 0.802. The Kier molecular flexibility index (Phi) is 3.23. The van der Waals surface area contributed by atoms with Crippen molar-refractivity contribution >= 4 is 0 Å². The standard InChI is InChI=1S/C12H14O3/c1-3-10-8-14-12(15-10)9-5-4-6-11(7-9)13-2/h1,4-7,10,12H,3,8H2,2H3. The van der Waals surface area contributed by atoms with Gasteiger partial charge < -0.3 is 14.2 Å². The van der Waals surface area contributed by atoms with Crippen LogP contribution in [0.4, 0.5) is 0 Å². The molecule has 1 aliphatic heterocycles. The van der Waals surface area contributed by atoms with Crippen molar-refractivity contribution in [1.29, 1.82) is 0 Å². The highest BCUT2D eigenvalue weighted by atomic mass is 16.7. The van der Waals surface area contributed by atoms with Gasteiger partial charge in [0.2, 0.25) is 0 Å². The highest BCUT2D eigenvalue weighted by molar-refractivity contribution is 5.29. The molecule has 1 aromatic carbocycles. The smallest absolute Gasteiger partial charge is 0.184 e. The van der Waals surface area contributed by atoms with Crippen molar-refractivity contribution in [3.05, 3.63) is 36.8 Å². The van der Waals surface area contributed by atoms with Crippen LogP contribution in [0.15, 0.2) is 24.3 Å². The van der Waals surface area contributed by atoms with Gasteiger partial charge in [0.1, 0.15) is 5.75 Å². The molecule has 3 nitrogen and oxygen atoms in total. The van der Waals surface area contributed by atoms with Gasteiger partial charge in [-0.15, -0.1) is 0 Å². The van der Waals surface area contributed by atoms with Gasteiger partial charge in [0, 0.05) is 5.56 Å². The Labute approximate surface area is 90.0 Å². The van der Waals surface area contributed by atoms with Crippen LogP contribution in [0, 0.1) is 6.92 Å². The molecule has 3 heteroatoms. The van der Waals surface area contributed by atoms with E-state index in [-0.39, 0.29) is 12.4 Å². The first-order valence-electron chi connectivity index (χ1n) is 4.94. The summed E-state index contributed by atoms with van der Waals surface area (Å²) in [6.45, 7) is 6.05. The molecule has 0 bridgehead atoms. The average Bonchev–Trinajstić information content (AvgIpc) is 2.78. The van der Waals surface area contributed by atoms with E-state index in [1.165, 1.54) is 0 Å². The van der Waals surface area contributed by atoms with E-state index in [1.54, 1.807) is 7.11 Å². The Hall–Kier alpha value is -1.06. The summed E-state index contributed by atoms with van der Waals surface area (Å²) in [7, 11) is 1.64. The van der Waals surface area contributed by atoms with Crippen LogP contribution in [0.5, 0.6) is 5.75 Å². The molecule has 1 saturated heterocycles. The lowest BCUT2D eigenvalue weighted by molar-refractivity contribution is -0.0596. The van der Waals surface area contributed by atoms with E-state index in [2.05, 4.69) is 0 Å². The van der Waals surface area contributed by atoms with Gasteiger partial charge in [0.05, 0.1) is 19.8 Å².